The Hall–Kier alpha value is -3.39. The highest BCUT2D eigenvalue weighted by molar-refractivity contribution is 5.94. The molecule has 2 heterocycles. The number of fused-ring (bicyclic) bond motifs is 2. The summed E-state index contributed by atoms with van der Waals surface area (Å²) in [4.78, 5) is 16.9. The van der Waals surface area contributed by atoms with Gasteiger partial charge in [0, 0.05) is 17.2 Å². The molecule has 0 unspecified atom stereocenters. The number of nitriles is 1. The number of hydrogen-bond donors (Lipinski definition) is 0. The Bertz CT molecular complexity index is 1200. The van der Waals surface area contributed by atoms with Crippen molar-refractivity contribution in [1.29, 1.82) is 5.26 Å². The van der Waals surface area contributed by atoms with Gasteiger partial charge in [-0.15, -0.1) is 0 Å². The van der Waals surface area contributed by atoms with Crippen molar-refractivity contribution in [2.24, 2.45) is 0 Å². The first kappa shape index (κ1) is 19.9. The first-order valence-corrected chi connectivity index (χ1v) is 10.4. The largest absolute Gasteiger partial charge is 0.463 e. The summed E-state index contributed by atoms with van der Waals surface area (Å²) >= 11 is 0. The van der Waals surface area contributed by atoms with Crippen LogP contribution in [-0.2, 0) is 16.0 Å². The molecule has 0 saturated heterocycles. The summed E-state index contributed by atoms with van der Waals surface area (Å²) in [7, 11) is 0. The Morgan fingerprint density at radius 1 is 1.37 bits per heavy atom. The van der Waals surface area contributed by atoms with Crippen molar-refractivity contribution in [2.75, 3.05) is 6.61 Å². The van der Waals surface area contributed by atoms with Crippen molar-refractivity contribution in [3.63, 3.8) is 0 Å². The Morgan fingerprint density at radius 3 is 2.93 bits per heavy atom. The zero-order valence-electron chi connectivity index (χ0n) is 17.6. The van der Waals surface area contributed by atoms with Crippen LogP contribution in [0.2, 0.25) is 0 Å². The molecule has 1 atom stereocenters. The number of ether oxygens (including phenoxy) is 1. The van der Waals surface area contributed by atoms with Crippen LogP contribution in [-0.4, -0.2) is 22.1 Å². The van der Waals surface area contributed by atoms with E-state index in [-0.39, 0.29) is 6.04 Å². The summed E-state index contributed by atoms with van der Waals surface area (Å²) < 4.78 is 7.22. The van der Waals surface area contributed by atoms with Gasteiger partial charge in [-0.1, -0.05) is 24.3 Å². The lowest BCUT2D eigenvalue weighted by Gasteiger charge is -2.28. The van der Waals surface area contributed by atoms with Gasteiger partial charge in [-0.05, 0) is 68.9 Å². The van der Waals surface area contributed by atoms with Gasteiger partial charge >= 0.3 is 5.97 Å². The van der Waals surface area contributed by atoms with Crippen LogP contribution in [0, 0.1) is 25.2 Å². The van der Waals surface area contributed by atoms with Crippen LogP contribution in [0.3, 0.4) is 0 Å². The second-order valence-electron chi connectivity index (χ2n) is 7.71. The molecule has 1 aromatic carbocycles. The number of nitrogens with zero attached hydrogens (tertiary/aromatic N) is 3. The van der Waals surface area contributed by atoms with Crippen LogP contribution < -0.4 is 0 Å². The van der Waals surface area contributed by atoms with Crippen LogP contribution in [0.15, 0.2) is 36.4 Å². The number of aromatic nitrogens is 2. The number of benzene rings is 1. The monoisotopic (exact) mass is 399 g/mol. The van der Waals surface area contributed by atoms with E-state index < -0.39 is 5.97 Å². The molecule has 0 aliphatic heterocycles. The number of esters is 1. The van der Waals surface area contributed by atoms with Crippen molar-refractivity contribution >= 4 is 23.1 Å². The zero-order chi connectivity index (χ0) is 21.3. The second kappa shape index (κ2) is 8.16. The van der Waals surface area contributed by atoms with Gasteiger partial charge < -0.3 is 9.30 Å². The van der Waals surface area contributed by atoms with Crippen LogP contribution in [0.4, 0.5) is 0 Å². The fourth-order valence-electron chi connectivity index (χ4n) is 4.59. The molecule has 0 amide bonds. The molecule has 2 aromatic heterocycles. The predicted octanol–water partition coefficient (Wildman–Crippen LogP) is 5.03. The van der Waals surface area contributed by atoms with E-state index in [1.807, 2.05) is 19.9 Å². The third-order valence-corrected chi connectivity index (χ3v) is 5.74. The molecule has 30 heavy (non-hydrogen) atoms. The standard InChI is InChI=1S/C25H25N3O2/c1-4-30-23(29)13-12-22-20(15-26)24-16(2)14-17(3)27-25(24)28(22)21-11-7-9-18-8-5-6-10-19(18)21/h5-6,8,10,12-14,21H,4,7,9,11H2,1-3H3/b13-12+/t21-/m0/s1. The maximum Gasteiger partial charge on any atom is 0.330 e. The van der Waals surface area contributed by atoms with Gasteiger partial charge in [0.25, 0.3) is 0 Å². The second-order valence-corrected chi connectivity index (χ2v) is 7.71. The summed E-state index contributed by atoms with van der Waals surface area (Å²) in [5.41, 5.74) is 6.59. The minimum Gasteiger partial charge on any atom is -0.463 e. The highest BCUT2D eigenvalue weighted by atomic mass is 16.5. The molecule has 5 heteroatoms. The first-order valence-electron chi connectivity index (χ1n) is 10.4. The number of hydrogen-bond acceptors (Lipinski definition) is 4. The topological polar surface area (TPSA) is 67.9 Å². The zero-order valence-corrected chi connectivity index (χ0v) is 17.6. The van der Waals surface area contributed by atoms with Crippen molar-refractivity contribution in [2.45, 2.75) is 46.1 Å². The van der Waals surface area contributed by atoms with Crippen LogP contribution in [0.1, 0.15) is 59.4 Å². The summed E-state index contributed by atoms with van der Waals surface area (Å²) in [6, 6.07) is 12.9. The van der Waals surface area contributed by atoms with E-state index >= 15 is 0 Å². The van der Waals surface area contributed by atoms with Crippen LogP contribution in [0.25, 0.3) is 17.1 Å². The molecule has 0 spiro atoms. The van der Waals surface area contributed by atoms with E-state index in [9.17, 15) is 10.1 Å². The average Bonchev–Trinajstić information content (AvgIpc) is 3.05. The van der Waals surface area contributed by atoms with Crippen molar-refractivity contribution < 1.29 is 9.53 Å². The van der Waals surface area contributed by atoms with E-state index in [2.05, 4.69) is 34.9 Å². The molecular formula is C25H25N3O2. The number of aryl methyl sites for hydroxylation is 3. The number of carbonyl (C=O) groups is 1. The van der Waals surface area contributed by atoms with Gasteiger partial charge in [-0.25, -0.2) is 9.78 Å². The minimum atomic E-state index is -0.414. The number of carbonyl (C=O) groups excluding carboxylic acids is 1. The summed E-state index contributed by atoms with van der Waals surface area (Å²) in [5.74, 6) is -0.414. The molecule has 1 aliphatic carbocycles. The number of pyridine rings is 1. The van der Waals surface area contributed by atoms with E-state index in [0.717, 1.165) is 41.6 Å². The molecule has 0 saturated carbocycles. The summed E-state index contributed by atoms with van der Waals surface area (Å²) in [5, 5.41) is 10.9. The summed E-state index contributed by atoms with van der Waals surface area (Å²) in [6.45, 7) is 6.07. The molecule has 3 aromatic rings. The van der Waals surface area contributed by atoms with Gasteiger partial charge in [0.1, 0.15) is 11.7 Å². The van der Waals surface area contributed by atoms with E-state index in [1.165, 1.54) is 17.2 Å². The lowest BCUT2D eigenvalue weighted by Crippen LogP contribution is -2.19. The Kier molecular flexibility index (Phi) is 5.41. The molecule has 0 N–H and O–H groups in total. The molecule has 1 aliphatic rings. The lowest BCUT2D eigenvalue weighted by molar-refractivity contribution is -0.137. The third kappa shape index (κ3) is 3.39. The van der Waals surface area contributed by atoms with E-state index in [0.29, 0.717) is 17.9 Å². The smallest absolute Gasteiger partial charge is 0.330 e. The molecule has 152 valence electrons. The Labute approximate surface area is 176 Å². The van der Waals surface area contributed by atoms with Crippen LogP contribution in [0.5, 0.6) is 0 Å². The molecule has 0 radical (unpaired) electrons. The molecule has 4 rings (SSSR count). The van der Waals surface area contributed by atoms with Gasteiger partial charge in [-0.3, -0.25) is 0 Å². The Morgan fingerprint density at radius 2 is 2.17 bits per heavy atom. The highest BCUT2D eigenvalue weighted by Gasteiger charge is 2.28. The van der Waals surface area contributed by atoms with Gasteiger partial charge in [0.2, 0.25) is 0 Å². The fourth-order valence-corrected chi connectivity index (χ4v) is 4.59. The number of rotatable bonds is 4. The average molecular weight is 399 g/mol. The van der Waals surface area contributed by atoms with Crippen molar-refractivity contribution in [3.8, 4) is 6.07 Å². The SMILES string of the molecule is CCOC(=O)/C=C/c1c(C#N)c2c(C)cc(C)nc2n1[C@H]1CCCc2ccccc21. The highest BCUT2D eigenvalue weighted by Crippen LogP contribution is 2.39. The van der Waals surface area contributed by atoms with Gasteiger partial charge in [0.15, 0.2) is 0 Å². The molecule has 0 bridgehead atoms. The normalized spacial score (nSPS) is 15.9. The predicted molar refractivity (Wildman–Crippen MR) is 117 cm³/mol. The fraction of sp³-hybridized carbons (Fsp3) is 0.320. The van der Waals surface area contributed by atoms with Crippen LogP contribution >= 0.6 is 0 Å². The van der Waals surface area contributed by atoms with E-state index in [4.69, 9.17) is 9.72 Å². The van der Waals surface area contributed by atoms with Crippen molar-refractivity contribution in [1.82, 2.24) is 9.55 Å². The minimum absolute atomic E-state index is 0.0649. The maximum atomic E-state index is 12.0. The maximum absolute atomic E-state index is 12.0. The van der Waals surface area contributed by atoms with Gasteiger partial charge in [-0.2, -0.15) is 5.26 Å². The quantitative estimate of drug-likeness (QED) is 0.456. The third-order valence-electron chi connectivity index (χ3n) is 5.74. The van der Waals surface area contributed by atoms with Gasteiger partial charge in [0.05, 0.1) is 23.9 Å². The summed E-state index contributed by atoms with van der Waals surface area (Å²) in [6.07, 6.45) is 6.20. The first-order chi connectivity index (χ1) is 14.5. The molecule has 5 nitrogen and oxygen atoms in total. The Balaban J connectivity index is 2.02. The lowest BCUT2D eigenvalue weighted by atomic mass is 9.87. The van der Waals surface area contributed by atoms with Crippen molar-refractivity contribution in [3.05, 3.63) is 70.0 Å². The molecule has 0 fully saturated rings. The molecular weight excluding hydrogens is 374 g/mol. The van der Waals surface area contributed by atoms with E-state index in [1.54, 1.807) is 13.0 Å².